The quantitative estimate of drug-likeness (QED) is 0.808. The lowest BCUT2D eigenvalue weighted by Crippen LogP contribution is -2.39. The highest BCUT2D eigenvalue weighted by atomic mass is 16.5. The Labute approximate surface area is 137 Å². The van der Waals surface area contributed by atoms with Gasteiger partial charge in [0.1, 0.15) is 11.5 Å². The Morgan fingerprint density at radius 2 is 2.00 bits per heavy atom. The summed E-state index contributed by atoms with van der Waals surface area (Å²) in [4.78, 5) is 14.9. The van der Waals surface area contributed by atoms with E-state index in [1.807, 2.05) is 36.1 Å². The molecule has 1 aliphatic rings. The molecule has 1 aromatic carbocycles. The van der Waals surface area contributed by atoms with E-state index in [1.165, 1.54) is 12.8 Å². The molecule has 1 aliphatic carbocycles. The van der Waals surface area contributed by atoms with Crippen molar-refractivity contribution in [2.75, 3.05) is 7.11 Å². The van der Waals surface area contributed by atoms with Gasteiger partial charge in [0, 0.05) is 12.6 Å². The molecule has 1 unspecified atom stereocenters. The van der Waals surface area contributed by atoms with Crippen LogP contribution in [0.1, 0.15) is 41.4 Å². The fourth-order valence-electron chi connectivity index (χ4n) is 2.92. The van der Waals surface area contributed by atoms with Gasteiger partial charge in [-0.05, 0) is 56.4 Å². The highest BCUT2D eigenvalue weighted by molar-refractivity contribution is 5.95. The summed E-state index contributed by atoms with van der Waals surface area (Å²) in [5.41, 5.74) is 1.76. The van der Waals surface area contributed by atoms with E-state index in [4.69, 9.17) is 9.15 Å². The highest BCUT2D eigenvalue weighted by Gasteiger charge is 2.35. The zero-order valence-corrected chi connectivity index (χ0v) is 13.9. The van der Waals surface area contributed by atoms with E-state index in [0.717, 1.165) is 11.3 Å². The number of carbonyl (C=O) groups is 1. The normalized spacial score (nSPS) is 15.3. The first-order valence-corrected chi connectivity index (χ1v) is 8.08. The number of carbonyl (C=O) groups excluding carboxylic acids is 1. The van der Waals surface area contributed by atoms with Crippen molar-refractivity contribution >= 4 is 5.91 Å². The van der Waals surface area contributed by atoms with Crippen molar-refractivity contribution in [1.82, 2.24) is 4.90 Å². The number of methoxy groups -OCH3 is 1. The first kappa shape index (κ1) is 15.7. The molecule has 1 saturated carbocycles. The van der Waals surface area contributed by atoms with Crippen LogP contribution in [0.2, 0.25) is 0 Å². The molecule has 1 amide bonds. The summed E-state index contributed by atoms with van der Waals surface area (Å²) < 4.78 is 10.5. The zero-order valence-electron chi connectivity index (χ0n) is 13.9. The molecule has 0 saturated heterocycles. The van der Waals surface area contributed by atoms with Crippen LogP contribution >= 0.6 is 0 Å². The van der Waals surface area contributed by atoms with Gasteiger partial charge in [-0.3, -0.25) is 4.79 Å². The van der Waals surface area contributed by atoms with E-state index >= 15 is 0 Å². The topological polar surface area (TPSA) is 42.7 Å². The van der Waals surface area contributed by atoms with Crippen LogP contribution in [-0.2, 0) is 6.54 Å². The van der Waals surface area contributed by atoms with Crippen molar-refractivity contribution in [1.29, 1.82) is 0 Å². The maximum atomic E-state index is 13.0. The van der Waals surface area contributed by atoms with Crippen molar-refractivity contribution in [2.24, 2.45) is 5.92 Å². The van der Waals surface area contributed by atoms with Gasteiger partial charge in [0.15, 0.2) is 0 Å². The minimum absolute atomic E-state index is 0.0477. The number of hydrogen-bond donors (Lipinski definition) is 0. The van der Waals surface area contributed by atoms with E-state index in [1.54, 1.807) is 19.4 Å². The Hall–Kier alpha value is -2.23. The largest absolute Gasteiger partial charge is 0.497 e. The van der Waals surface area contributed by atoms with Crippen LogP contribution in [0.4, 0.5) is 0 Å². The molecule has 1 heterocycles. The number of rotatable bonds is 6. The lowest BCUT2D eigenvalue weighted by atomic mass is 10.1. The number of ether oxygens (including phenoxy) is 1. The number of furan rings is 1. The van der Waals surface area contributed by atoms with Crippen LogP contribution < -0.4 is 4.74 Å². The molecular weight excluding hydrogens is 290 g/mol. The minimum Gasteiger partial charge on any atom is -0.497 e. The molecule has 1 fully saturated rings. The smallest absolute Gasteiger partial charge is 0.257 e. The first-order chi connectivity index (χ1) is 11.1. The summed E-state index contributed by atoms with van der Waals surface area (Å²) in [5, 5.41) is 0. The third-order valence-electron chi connectivity index (χ3n) is 4.66. The third-order valence-corrected chi connectivity index (χ3v) is 4.66. The monoisotopic (exact) mass is 313 g/mol. The Kier molecular flexibility index (Phi) is 4.42. The number of amides is 1. The van der Waals surface area contributed by atoms with Gasteiger partial charge in [-0.25, -0.2) is 0 Å². The summed E-state index contributed by atoms with van der Waals surface area (Å²) in [6.45, 7) is 4.58. The van der Waals surface area contributed by atoms with Gasteiger partial charge < -0.3 is 14.1 Å². The number of hydrogen-bond acceptors (Lipinski definition) is 3. The standard InChI is InChI=1S/C19H23NO3/c1-13(16-6-7-16)20(19(21)18-10-11-23-14(18)2)12-15-4-8-17(22-3)9-5-15/h4-5,8-11,13,16H,6-7,12H2,1-3H3. The SMILES string of the molecule is COc1ccc(CN(C(=O)c2ccoc2C)C(C)C2CC2)cc1. The molecule has 0 N–H and O–H groups in total. The second kappa shape index (κ2) is 6.49. The van der Waals surface area contributed by atoms with Gasteiger partial charge in [-0.15, -0.1) is 0 Å². The average Bonchev–Trinajstić information content (AvgIpc) is 3.33. The maximum Gasteiger partial charge on any atom is 0.257 e. The zero-order chi connectivity index (χ0) is 16.4. The van der Waals surface area contributed by atoms with Gasteiger partial charge in [-0.2, -0.15) is 0 Å². The lowest BCUT2D eigenvalue weighted by Gasteiger charge is -2.29. The summed E-state index contributed by atoms with van der Waals surface area (Å²) in [7, 11) is 1.65. The van der Waals surface area contributed by atoms with Crippen molar-refractivity contribution < 1.29 is 13.9 Å². The van der Waals surface area contributed by atoms with Crippen LogP contribution in [0.5, 0.6) is 5.75 Å². The number of nitrogens with zero attached hydrogens (tertiary/aromatic N) is 1. The van der Waals surface area contributed by atoms with Crippen molar-refractivity contribution in [3.8, 4) is 5.75 Å². The average molecular weight is 313 g/mol. The lowest BCUT2D eigenvalue weighted by molar-refractivity contribution is 0.0652. The van der Waals surface area contributed by atoms with Crippen molar-refractivity contribution in [3.63, 3.8) is 0 Å². The molecule has 122 valence electrons. The molecule has 0 aliphatic heterocycles. The van der Waals surface area contributed by atoms with Crippen molar-refractivity contribution in [2.45, 2.75) is 39.3 Å². The molecule has 2 aromatic rings. The molecule has 1 atom stereocenters. The van der Waals surface area contributed by atoms with E-state index < -0.39 is 0 Å². The molecule has 0 radical (unpaired) electrons. The number of benzene rings is 1. The van der Waals surface area contributed by atoms with Gasteiger partial charge in [0.05, 0.1) is 18.9 Å². The van der Waals surface area contributed by atoms with Gasteiger partial charge in [0.2, 0.25) is 0 Å². The molecule has 23 heavy (non-hydrogen) atoms. The van der Waals surface area contributed by atoms with Gasteiger partial charge in [-0.1, -0.05) is 12.1 Å². The summed E-state index contributed by atoms with van der Waals surface area (Å²) in [5.74, 6) is 2.17. The summed E-state index contributed by atoms with van der Waals surface area (Å²) in [6, 6.07) is 9.89. The van der Waals surface area contributed by atoms with E-state index in [2.05, 4.69) is 6.92 Å². The van der Waals surface area contributed by atoms with Crippen LogP contribution in [-0.4, -0.2) is 24.0 Å². The Morgan fingerprint density at radius 3 is 2.52 bits per heavy atom. The summed E-state index contributed by atoms with van der Waals surface area (Å²) >= 11 is 0. The molecule has 4 nitrogen and oxygen atoms in total. The predicted molar refractivity (Wildman–Crippen MR) is 88.5 cm³/mol. The second-order valence-corrected chi connectivity index (χ2v) is 6.25. The summed E-state index contributed by atoms with van der Waals surface area (Å²) in [6.07, 6.45) is 3.99. The first-order valence-electron chi connectivity index (χ1n) is 8.08. The van der Waals surface area contributed by atoms with Crippen LogP contribution in [0.3, 0.4) is 0 Å². The molecule has 0 bridgehead atoms. The molecular formula is C19H23NO3. The van der Waals surface area contributed by atoms with Crippen LogP contribution in [0.15, 0.2) is 41.0 Å². The van der Waals surface area contributed by atoms with E-state index in [-0.39, 0.29) is 11.9 Å². The van der Waals surface area contributed by atoms with Crippen molar-refractivity contribution in [3.05, 3.63) is 53.5 Å². The molecule has 4 heteroatoms. The van der Waals surface area contributed by atoms with Gasteiger partial charge in [0.25, 0.3) is 5.91 Å². The van der Waals surface area contributed by atoms with E-state index in [0.29, 0.717) is 23.8 Å². The maximum absolute atomic E-state index is 13.0. The minimum atomic E-state index is 0.0477. The molecule has 1 aromatic heterocycles. The third kappa shape index (κ3) is 3.41. The Balaban J connectivity index is 1.83. The predicted octanol–water partition coefficient (Wildman–Crippen LogP) is 4.04. The van der Waals surface area contributed by atoms with E-state index in [9.17, 15) is 4.79 Å². The van der Waals surface area contributed by atoms with Crippen LogP contribution in [0, 0.1) is 12.8 Å². The van der Waals surface area contributed by atoms with Gasteiger partial charge >= 0.3 is 0 Å². The highest BCUT2D eigenvalue weighted by Crippen LogP contribution is 2.36. The Bertz CT molecular complexity index is 670. The second-order valence-electron chi connectivity index (χ2n) is 6.25. The molecule has 0 spiro atoms. The molecule has 3 rings (SSSR count). The van der Waals surface area contributed by atoms with Crippen LogP contribution in [0.25, 0.3) is 0 Å². The Morgan fingerprint density at radius 1 is 1.30 bits per heavy atom. The fourth-order valence-corrected chi connectivity index (χ4v) is 2.92. The fraction of sp³-hybridized carbons (Fsp3) is 0.421. The number of aryl methyl sites for hydroxylation is 1.